The summed E-state index contributed by atoms with van der Waals surface area (Å²) in [4.78, 5) is 22.0. The highest BCUT2D eigenvalue weighted by molar-refractivity contribution is 9.10. The fourth-order valence-electron chi connectivity index (χ4n) is 1.60. The van der Waals surface area contributed by atoms with Crippen LogP contribution in [0.2, 0.25) is 0 Å². The van der Waals surface area contributed by atoms with Crippen LogP contribution >= 0.6 is 15.9 Å². The molecule has 88 valence electrons. The van der Waals surface area contributed by atoms with E-state index in [1.54, 1.807) is 4.68 Å². The Morgan fingerprint density at radius 1 is 1.53 bits per heavy atom. The lowest BCUT2D eigenvalue weighted by atomic mass is 10.2. The quantitative estimate of drug-likeness (QED) is 0.628. The molecule has 0 fully saturated rings. The molecule has 0 saturated carbocycles. The SMILES string of the molecule is CCn1nc(Br)c(=O)c2cc([N+](=O)[O-])ccc21. The van der Waals surface area contributed by atoms with Crippen molar-refractivity contribution in [1.29, 1.82) is 0 Å². The summed E-state index contributed by atoms with van der Waals surface area (Å²) in [6.45, 7) is 2.46. The number of nitrogens with zero attached hydrogens (tertiary/aromatic N) is 3. The summed E-state index contributed by atoms with van der Waals surface area (Å²) in [5.41, 5.74) is 0.148. The van der Waals surface area contributed by atoms with Gasteiger partial charge in [0.1, 0.15) is 0 Å². The summed E-state index contributed by atoms with van der Waals surface area (Å²) in [6, 6.07) is 4.18. The van der Waals surface area contributed by atoms with Crippen LogP contribution < -0.4 is 5.43 Å². The Bertz CT molecular complexity index is 666. The first-order valence-electron chi connectivity index (χ1n) is 4.89. The maximum Gasteiger partial charge on any atom is 0.270 e. The van der Waals surface area contributed by atoms with Gasteiger partial charge >= 0.3 is 0 Å². The summed E-state index contributed by atoms with van der Waals surface area (Å²) in [5.74, 6) is 0. The lowest BCUT2D eigenvalue weighted by Gasteiger charge is -2.07. The summed E-state index contributed by atoms with van der Waals surface area (Å²) < 4.78 is 1.78. The van der Waals surface area contributed by atoms with Crippen LogP contribution in [0.3, 0.4) is 0 Å². The molecule has 0 amide bonds. The van der Waals surface area contributed by atoms with Crippen LogP contribution in [-0.4, -0.2) is 14.7 Å². The minimum atomic E-state index is -0.524. The van der Waals surface area contributed by atoms with Gasteiger partial charge in [0.25, 0.3) is 5.69 Å². The number of nitro groups is 1. The summed E-state index contributed by atoms with van der Waals surface area (Å²) in [7, 11) is 0. The molecule has 0 aliphatic heterocycles. The number of aromatic nitrogens is 2. The second kappa shape index (κ2) is 4.25. The Balaban J connectivity index is 2.89. The second-order valence-electron chi connectivity index (χ2n) is 3.39. The molecule has 0 saturated heterocycles. The zero-order chi connectivity index (χ0) is 12.6. The van der Waals surface area contributed by atoms with Crippen LogP contribution in [0.1, 0.15) is 6.92 Å². The molecule has 1 aromatic heterocycles. The Hall–Kier alpha value is -1.76. The van der Waals surface area contributed by atoms with Crippen molar-refractivity contribution >= 4 is 32.5 Å². The van der Waals surface area contributed by atoms with Gasteiger partial charge in [-0.15, -0.1) is 0 Å². The standard InChI is InChI=1S/C10H8BrN3O3/c1-2-13-8-4-3-6(14(16)17)5-7(8)9(15)10(11)12-13/h3-5H,2H2,1H3. The zero-order valence-corrected chi connectivity index (χ0v) is 10.5. The molecule has 2 rings (SSSR count). The Labute approximate surface area is 104 Å². The van der Waals surface area contributed by atoms with Gasteiger partial charge in [-0.1, -0.05) is 0 Å². The highest BCUT2D eigenvalue weighted by Crippen LogP contribution is 2.19. The van der Waals surface area contributed by atoms with Gasteiger partial charge in [-0.25, -0.2) is 0 Å². The molecule has 17 heavy (non-hydrogen) atoms. The van der Waals surface area contributed by atoms with Gasteiger partial charge in [0.05, 0.1) is 15.8 Å². The number of halogens is 1. The molecule has 1 aromatic carbocycles. The first-order chi connectivity index (χ1) is 8.04. The van der Waals surface area contributed by atoms with Crippen molar-refractivity contribution in [3.8, 4) is 0 Å². The molecule has 0 radical (unpaired) electrons. The first kappa shape index (κ1) is 11.7. The molecule has 0 bridgehead atoms. The molecule has 0 unspecified atom stereocenters. The predicted molar refractivity (Wildman–Crippen MR) is 66.0 cm³/mol. The molecule has 0 atom stereocenters. The Morgan fingerprint density at radius 2 is 2.24 bits per heavy atom. The van der Waals surface area contributed by atoms with Gasteiger partial charge in [0.2, 0.25) is 5.43 Å². The van der Waals surface area contributed by atoms with Crippen LogP contribution in [0.5, 0.6) is 0 Å². The zero-order valence-electron chi connectivity index (χ0n) is 8.88. The van der Waals surface area contributed by atoms with Gasteiger partial charge < -0.3 is 0 Å². The molecule has 0 aliphatic rings. The molecule has 7 heteroatoms. The maximum atomic E-state index is 11.8. The van der Waals surface area contributed by atoms with Gasteiger partial charge in [-0.2, -0.15) is 5.10 Å². The number of non-ortho nitro benzene ring substituents is 1. The largest absolute Gasteiger partial charge is 0.286 e. The highest BCUT2D eigenvalue weighted by atomic mass is 79.9. The third kappa shape index (κ3) is 1.93. The minimum absolute atomic E-state index is 0.102. The number of fused-ring (bicyclic) bond motifs is 1. The lowest BCUT2D eigenvalue weighted by molar-refractivity contribution is -0.384. The fourth-order valence-corrected chi connectivity index (χ4v) is 2.01. The molecular weight excluding hydrogens is 290 g/mol. The lowest BCUT2D eigenvalue weighted by Crippen LogP contribution is -2.14. The summed E-state index contributed by atoms with van der Waals surface area (Å²) in [6.07, 6.45) is 0. The van der Waals surface area contributed by atoms with Crippen molar-refractivity contribution in [3.05, 3.63) is 43.1 Å². The van der Waals surface area contributed by atoms with Gasteiger partial charge in [0, 0.05) is 18.7 Å². The third-order valence-corrected chi connectivity index (χ3v) is 2.93. The topological polar surface area (TPSA) is 78.0 Å². The Kier molecular flexibility index (Phi) is 2.93. The third-order valence-electron chi connectivity index (χ3n) is 2.41. The van der Waals surface area contributed by atoms with Crippen molar-refractivity contribution in [2.75, 3.05) is 0 Å². The van der Waals surface area contributed by atoms with E-state index < -0.39 is 4.92 Å². The molecule has 0 spiro atoms. The van der Waals surface area contributed by atoms with Crippen LogP contribution in [0, 0.1) is 10.1 Å². The number of rotatable bonds is 2. The van der Waals surface area contributed by atoms with Gasteiger partial charge in [-0.3, -0.25) is 19.6 Å². The normalized spacial score (nSPS) is 10.7. The van der Waals surface area contributed by atoms with E-state index in [0.29, 0.717) is 17.4 Å². The minimum Gasteiger partial charge on any atom is -0.286 e. The van der Waals surface area contributed by atoms with Gasteiger partial charge in [-0.05, 0) is 28.9 Å². The molecule has 0 aliphatic carbocycles. The Morgan fingerprint density at radius 3 is 2.82 bits per heavy atom. The van der Waals surface area contributed by atoms with Crippen LogP contribution in [-0.2, 0) is 6.54 Å². The van der Waals surface area contributed by atoms with E-state index in [4.69, 9.17) is 0 Å². The first-order valence-corrected chi connectivity index (χ1v) is 5.68. The number of aryl methyl sites for hydroxylation is 1. The van der Waals surface area contributed by atoms with E-state index in [1.807, 2.05) is 6.92 Å². The average molecular weight is 298 g/mol. The molecule has 0 N–H and O–H groups in total. The summed E-state index contributed by atoms with van der Waals surface area (Å²) in [5, 5.41) is 15.0. The predicted octanol–water partition coefficient (Wildman–Crippen LogP) is 2.09. The van der Waals surface area contributed by atoms with E-state index in [0.717, 1.165) is 0 Å². The van der Waals surface area contributed by atoms with Crippen molar-refractivity contribution in [3.63, 3.8) is 0 Å². The van der Waals surface area contributed by atoms with E-state index in [9.17, 15) is 14.9 Å². The number of hydrogen-bond donors (Lipinski definition) is 0. The van der Waals surface area contributed by atoms with E-state index in [1.165, 1.54) is 18.2 Å². The average Bonchev–Trinajstić information content (AvgIpc) is 2.33. The number of hydrogen-bond acceptors (Lipinski definition) is 4. The monoisotopic (exact) mass is 297 g/mol. The summed E-state index contributed by atoms with van der Waals surface area (Å²) >= 11 is 3.06. The molecule has 1 heterocycles. The smallest absolute Gasteiger partial charge is 0.270 e. The molecular formula is C10H8BrN3O3. The number of nitro benzene ring substituents is 1. The van der Waals surface area contributed by atoms with Crippen LogP contribution in [0.25, 0.3) is 10.9 Å². The van der Waals surface area contributed by atoms with Gasteiger partial charge in [0.15, 0.2) is 4.60 Å². The second-order valence-corrected chi connectivity index (χ2v) is 4.15. The molecule has 6 nitrogen and oxygen atoms in total. The van der Waals surface area contributed by atoms with E-state index in [-0.39, 0.29) is 15.7 Å². The maximum absolute atomic E-state index is 11.8. The fraction of sp³-hybridized carbons (Fsp3) is 0.200. The highest BCUT2D eigenvalue weighted by Gasteiger charge is 2.12. The number of benzene rings is 1. The van der Waals surface area contributed by atoms with Crippen molar-refractivity contribution in [2.45, 2.75) is 13.5 Å². The van der Waals surface area contributed by atoms with Crippen molar-refractivity contribution in [2.24, 2.45) is 0 Å². The van der Waals surface area contributed by atoms with E-state index >= 15 is 0 Å². The van der Waals surface area contributed by atoms with Crippen molar-refractivity contribution < 1.29 is 4.92 Å². The molecule has 2 aromatic rings. The van der Waals surface area contributed by atoms with Crippen molar-refractivity contribution in [1.82, 2.24) is 9.78 Å². The van der Waals surface area contributed by atoms with E-state index in [2.05, 4.69) is 21.0 Å². The van der Waals surface area contributed by atoms with Crippen LogP contribution in [0.4, 0.5) is 5.69 Å². The van der Waals surface area contributed by atoms with Crippen LogP contribution in [0.15, 0.2) is 27.6 Å².